The van der Waals surface area contributed by atoms with Crippen LogP contribution in [-0.4, -0.2) is 11.6 Å². The van der Waals surface area contributed by atoms with Gasteiger partial charge in [0, 0.05) is 11.3 Å². The molecule has 4 nitrogen and oxygen atoms in total. The SMILES string of the molecule is Cc1cc(-c2cccc(OCC(C)C)c2)c(C#N)c(=O)[nH]1. The summed E-state index contributed by atoms with van der Waals surface area (Å²) in [5, 5.41) is 9.20. The first-order valence-electron chi connectivity index (χ1n) is 6.88. The van der Waals surface area contributed by atoms with Gasteiger partial charge in [-0.1, -0.05) is 26.0 Å². The molecule has 4 heteroatoms. The van der Waals surface area contributed by atoms with Gasteiger partial charge in [-0.3, -0.25) is 4.79 Å². The number of H-pyrrole nitrogens is 1. The van der Waals surface area contributed by atoms with E-state index in [1.54, 1.807) is 6.92 Å². The maximum absolute atomic E-state index is 11.9. The van der Waals surface area contributed by atoms with Gasteiger partial charge in [0.25, 0.3) is 5.56 Å². The summed E-state index contributed by atoms with van der Waals surface area (Å²) < 4.78 is 5.69. The Morgan fingerprint density at radius 2 is 2.10 bits per heavy atom. The van der Waals surface area contributed by atoms with Gasteiger partial charge in [-0.05, 0) is 36.6 Å². The second kappa shape index (κ2) is 6.27. The summed E-state index contributed by atoms with van der Waals surface area (Å²) in [4.78, 5) is 14.5. The topological polar surface area (TPSA) is 65.9 Å². The molecule has 1 heterocycles. The van der Waals surface area contributed by atoms with E-state index in [1.807, 2.05) is 36.4 Å². The fourth-order valence-electron chi connectivity index (χ4n) is 2.04. The summed E-state index contributed by atoms with van der Waals surface area (Å²) in [5.74, 6) is 1.17. The Kier molecular flexibility index (Phi) is 4.44. The van der Waals surface area contributed by atoms with Crippen molar-refractivity contribution in [2.45, 2.75) is 20.8 Å². The molecule has 0 saturated heterocycles. The van der Waals surface area contributed by atoms with E-state index in [1.165, 1.54) is 0 Å². The van der Waals surface area contributed by atoms with Crippen molar-refractivity contribution in [2.24, 2.45) is 5.92 Å². The van der Waals surface area contributed by atoms with Gasteiger partial charge in [-0.25, -0.2) is 0 Å². The third kappa shape index (κ3) is 3.51. The van der Waals surface area contributed by atoms with Gasteiger partial charge in [0.05, 0.1) is 6.61 Å². The smallest absolute Gasteiger partial charge is 0.266 e. The normalized spacial score (nSPS) is 10.4. The molecule has 2 rings (SSSR count). The van der Waals surface area contributed by atoms with Crippen LogP contribution in [0.5, 0.6) is 5.75 Å². The second-order valence-electron chi connectivity index (χ2n) is 5.41. The van der Waals surface area contributed by atoms with Crippen molar-refractivity contribution in [2.75, 3.05) is 6.61 Å². The molecule has 0 amide bonds. The van der Waals surface area contributed by atoms with Gasteiger partial charge in [-0.15, -0.1) is 0 Å². The summed E-state index contributed by atoms with van der Waals surface area (Å²) in [6.45, 7) is 6.59. The minimum atomic E-state index is -0.360. The Balaban J connectivity index is 2.46. The maximum atomic E-state index is 11.9. The lowest BCUT2D eigenvalue weighted by Gasteiger charge is -2.11. The van der Waals surface area contributed by atoms with Crippen molar-refractivity contribution in [3.63, 3.8) is 0 Å². The number of pyridine rings is 1. The lowest BCUT2D eigenvalue weighted by molar-refractivity contribution is 0.271. The molecule has 0 fully saturated rings. The van der Waals surface area contributed by atoms with Crippen molar-refractivity contribution in [1.29, 1.82) is 5.26 Å². The average Bonchev–Trinajstić information content (AvgIpc) is 2.44. The number of aromatic nitrogens is 1. The summed E-state index contributed by atoms with van der Waals surface area (Å²) in [6.07, 6.45) is 0. The molecule has 0 spiro atoms. The van der Waals surface area contributed by atoms with Gasteiger partial charge >= 0.3 is 0 Å². The fraction of sp³-hybridized carbons (Fsp3) is 0.294. The van der Waals surface area contributed by atoms with Crippen LogP contribution in [-0.2, 0) is 0 Å². The van der Waals surface area contributed by atoms with Crippen molar-refractivity contribution in [3.8, 4) is 22.9 Å². The van der Waals surface area contributed by atoms with Gasteiger partial charge in [-0.2, -0.15) is 5.26 Å². The third-order valence-electron chi connectivity index (χ3n) is 3.01. The van der Waals surface area contributed by atoms with Crippen LogP contribution in [0, 0.1) is 24.2 Å². The molecular formula is C17H18N2O2. The molecule has 1 N–H and O–H groups in total. The van der Waals surface area contributed by atoms with Crippen molar-refractivity contribution < 1.29 is 4.74 Å². The van der Waals surface area contributed by atoms with Crippen LogP contribution in [0.1, 0.15) is 25.1 Å². The zero-order valence-electron chi connectivity index (χ0n) is 12.4. The average molecular weight is 282 g/mol. The predicted octanol–water partition coefficient (Wildman–Crippen LogP) is 3.26. The number of ether oxygens (including phenoxy) is 1. The summed E-state index contributed by atoms with van der Waals surface area (Å²) in [6, 6.07) is 11.2. The van der Waals surface area contributed by atoms with E-state index in [4.69, 9.17) is 4.74 Å². The first-order chi connectivity index (χ1) is 10.0. The molecule has 1 aromatic carbocycles. The van der Waals surface area contributed by atoms with Gasteiger partial charge in [0.1, 0.15) is 17.4 Å². The molecule has 0 aliphatic heterocycles. The number of aromatic amines is 1. The van der Waals surface area contributed by atoms with Crippen LogP contribution < -0.4 is 10.3 Å². The minimum Gasteiger partial charge on any atom is -0.493 e. The van der Waals surface area contributed by atoms with Crippen LogP contribution >= 0.6 is 0 Å². The first kappa shape index (κ1) is 14.9. The fourth-order valence-corrected chi connectivity index (χ4v) is 2.04. The van der Waals surface area contributed by atoms with Crippen molar-refractivity contribution >= 4 is 0 Å². The highest BCUT2D eigenvalue weighted by molar-refractivity contribution is 5.71. The Morgan fingerprint density at radius 1 is 1.33 bits per heavy atom. The number of hydrogen-bond acceptors (Lipinski definition) is 3. The monoisotopic (exact) mass is 282 g/mol. The number of nitrogens with zero attached hydrogens (tertiary/aromatic N) is 1. The van der Waals surface area contributed by atoms with Crippen molar-refractivity contribution in [3.05, 3.63) is 51.9 Å². The van der Waals surface area contributed by atoms with E-state index in [0.29, 0.717) is 18.1 Å². The number of benzene rings is 1. The molecule has 21 heavy (non-hydrogen) atoms. The maximum Gasteiger partial charge on any atom is 0.266 e. The Hall–Kier alpha value is -2.54. The van der Waals surface area contributed by atoms with Gasteiger partial charge in [0.2, 0.25) is 0 Å². The number of rotatable bonds is 4. The molecule has 0 saturated carbocycles. The Labute approximate surface area is 124 Å². The summed E-state index contributed by atoms with van der Waals surface area (Å²) >= 11 is 0. The van der Waals surface area contributed by atoms with Crippen LogP contribution in [0.3, 0.4) is 0 Å². The number of nitriles is 1. The quantitative estimate of drug-likeness (QED) is 0.936. The Morgan fingerprint density at radius 3 is 2.76 bits per heavy atom. The number of hydrogen-bond donors (Lipinski definition) is 1. The molecule has 2 aromatic rings. The first-order valence-corrected chi connectivity index (χ1v) is 6.88. The highest BCUT2D eigenvalue weighted by Crippen LogP contribution is 2.26. The minimum absolute atomic E-state index is 0.126. The predicted molar refractivity (Wildman–Crippen MR) is 82.3 cm³/mol. The van der Waals surface area contributed by atoms with E-state index < -0.39 is 0 Å². The molecular weight excluding hydrogens is 264 g/mol. The number of nitrogens with one attached hydrogen (secondary N) is 1. The van der Waals surface area contributed by atoms with E-state index in [-0.39, 0.29) is 11.1 Å². The molecule has 0 atom stereocenters. The van der Waals surface area contributed by atoms with Crippen LogP contribution in [0.15, 0.2) is 35.1 Å². The lowest BCUT2D eigenvalue weighted by Crippen LogP contribution is -2.12. The summed E-state index contributed by atoms with van der Waals surface area (Å²) in [7, 11) is 0. The van der Waals surface area contributed by atoms with Crippen LogP contribution in [0.4, 0.5) is 0 Å². The molecule has 0 bridgehead atoms. The highest BCUT2D eigenvalue weighted by Gasteiger charge is 2.11. The third-order valence-corrected chi connectivity index (χ3v) is 3.01. The molecule has 0 aliphatic carbocycles. The van der Waals surface area contributed by atoms with E-state index in [0.717, 1.165) is 17.0 Å². The highest BCUT2D eigenvalue weighted by atomic mass is 16.5. The van der Waals surface area contributed by atoms with Crippen LogP contribution in [0.25, 0.3) is 11.1 Å². The van der Waals surface area contributed by atoms with E-state index >= 15 is 0 Å². The number of aryl methyl sites for hydroxylation is 1. The lowest BCUT2D eigenvalue weighted by atomic mass is 10.0. The van der Waals surface area contributed by atoms with E-state index in [2.05, 4.69) is 18.8 Å². The van der Waals surface area contributed by atoms with E-state index in [9.17, 15) is 10.1 Å². The van der Waals surface area contributed by atoms with Crippen molar-refractivity contribution in [1.82, 2.24) is 4.98 Å². The second-order valence-corrected chi connectivity index (χ2v) is 5.41. The zero-order valence-corrected chi connectivity index (χ0v) is 12.4. The molecule has 0 aliphatic rings. The Bertz CT molecular complexity index is 739. The van der Waals surface area contributed by atoms with Gasteiger partial charge in [0.15, 0.2) is 0 Å². The molecule has 1 aromatic heterocycles. The largest absolute Gasteiger partial charge is 0.493 e. The zero-order chi connectivity index (χ0) is 15.4. The standard InChI is InChI=1S/C17H18N2O2/c1-11(2)10-21-14-6-4-5-13(8-14)15-7-12(3)19-17(20)16(15)9-18/h4-8,11H,10H2,1-3H3,(H,19,20). The van der Waals surface area contributed by atoms with Gasteiger partial charge < -0.3 is 9.72 Å². The molecule has 108 valence electrons. The summed E-state index contributed by atoms with van der Waals surface area (Å²) in [5.41, 5.74) is 1.93. The molecule has 0 unspecified atom stereocenters. The molecule has 0 radical (unpaired) electrons. The van der Waals surface area contributed by atoms with Crippen LogP contribution in [0.2, 0.25) is 0 Å².